The Kier molecular flexibility index (Phi) is 7.48. The highest BCUT2D eigenvalue weighted by Crippen LogP contribution is 2.30. The van der Waals surface area contributed by atoms with Gasteiger partial charge >= 0.3 is 6.18 Å². The Bertz CT molecular complexity index is 1120. The molecule has 0 atom stereocenters. The van der Waals surface area contributed by atoms with E-state index in [0.29, 0.717) is 23.8 Å². The number of rotatable bonds is 8. The zero-order valence-electron chi connectivity index (χ0n) is 19.3. The highest BCUT2D eigenvalue weighted by atomic mass is 19.4. The lowest BCUT2D eigenvalue weighted by Gasteiger charge is -2.13. The second-order valence-corrected chi connectivity index (χ2v) is 8.69. The van der Waals surface area contributed by atoms with Gasteiger partial charge < -0.3 is 19.3 Å². The highest BCUT2D eigenvalue weighted by Gasteiger charge is 2.29. The molecule has 0 saturated carbocycles. The molecule has 2 aromatic carbocycles. The van der Waals surface area contributed by atoms with Crippen LogP contribution in [-0.4, -0.2) is 35.9 Å². The predicted octanol–water partition coefficient (Wildman–Crippen LogP) is 5.56. The van der Waals surface area contributed by atoms with E-state index in [9.17, 15) is 18.0 Å². The molecule has 0 aliphatic carbocycles. The third-order valence-corrected chi connectivity index (χ3v) is 4.75. The number of hydrogen-bond acceptors (Lipinski definition) is 6. The van der Waals surface area contributed by atoms with Crippen LogP contribution in [0.3, 0.4) is 0 Å². The molecule has 1 aromatic heterocycles. The van der Waals surface area contributed by atoms with Crippen molar-refractivity contribution in [1.29, 1.82) is 0 Å². The normalized spacial score (nSPS) is 11.9. The fourth-order valence-corrected chi connectivity index (χ4v) is 2.98. The molecule has 3 rings (SSSR count). The maximum atomic E-state index is 12.4. The fraction of sp³-hybridized carbons (Fsp3) is 0.375. The molecule has 1 heterocycles. The second kappa shape index (κ2) is 10.1. The van der Waals surface area contributed by atoms with Crippen LogP contribution in [0, 0.1) is 0 Å². The van der Waals surface area contributed by atoms with Gasteiger partial charge in [-0.25, -0.2) is 0 Å². The summed E-state index contributed by atoms with van der Waals surface area (Å²) in [6.07, 6.45) is -3.90. The first-order valence-corrected chi connectivity index (χ1v) is 10.6. The summed E-state index contributed by atoms with van der Waals surface area (Å²) in [5.74, 6) is 0.965. The molecular weight excluding hydrogens is 451 g/mol. The van der Waals surface area contributed by atoms with Gasteiger partial charge in [0.15, 0.2) is 18.1 Å². The maximum Gasteiger partial charge on any atom is 0.422 e. The number of ether oxygens (including phenoxy) is 2. The van der Waals surface area contributed by atoms with Crippen LogP contribution in [0.15, 0.2) is 47.0 Å². The smallest absolute Gasteiger partial charge is 0.422 e. The van der Waals surface area contributed by atoms with Crippen molar-refractivity contribution in [3.05, 3.63) is 53.9 Å². The number of aryl methyl sites for hydroxylation is 1. The first-order valence-electron chi connectivity index (χ1n) is 10.6. The van der Waals surface area contributed by atoms with Gasteiger partial charge in [-0.05, 0) is 48.4 Å². The molecule has 7 nitrogen and oxygen atoms in total. The lowest BCUT2D eigenvalue weighted by atomic mass is 9.97. The van der Waals surface area contributed by atoms with Crippen LogP contribution in [-0.2, 0) is 16.6 Å². The summed E-state index contributed by atoms with van der Waals surface area (Å²) in [6, 6.07) is 11.6. The molecule has 34 heavy (non-hydrogen) atoms. The number of carbonyl (C=O) groups is 1. The SMILES string of the molecule is COc1cc(CCC(=O)Nc2ccc(-c3noc(C(C)(C)C)n3)cc2)ccc1OCC(F)(F)F. The van der Waals surface area contributed by atoms with Gasteiger partial charge in [-0.3, -0.25) is 4.79 Å². The minimum atomic E-state index is -4.44. The van der Waals surface area contributed by atoms with Crippen LogP contribution in [0.5, 0.6) is 11.5 Å². The number of carbonyl (C=O) groups excluding carboxylic acids is 1. The quantitative estimate of drug-likeness (QED) is 0.458. The first-order chi connectivity index (χ1) is 15.9. The van der Waals surface area contributed by atoms with E-state index in [1.807, 2.05) is 20.8 Å². The molecule has 0 aliphatic heterocycles. The standard InChI is InChI=1S/C24H26F3N3O4/c1-23(2,3)22-29-21(30-34-22)16-7-9-17(10-8-16)28-20(31)12-6-15-5-11-18(19(13-15)32-4)33-14-24(25,26)27/h5,7-11,13H,6,12,14H2,1-4H3,(H,28,31). The van der Waals surface area contributed by atoms with Gasteiger partial charge in [0.2, 0.25) is 17.6 Å². The summed E-state index contributed by atoms with van der Waals surface area (Å²) in [5.41, 5.74) is 1.85. The third kappa shape index (κ3) is 6.97. The van der Waals surface area contributed by atoms with Gasteiger partial charge in [0.05, 0.1) is 7.11 Å². The number of nitrogens with one attached hydrogen (secondary N) is 1. The first kappa shape index (κ1) is 25.1. The minimum Gasteiger partial charge on any atom is -0.493 e. The van der Waals surface area contributed by atoms with E-state index in [0.717, 1.165) is 11.1 Å². The summed E-state index contributed by atoms with van der Waals surface area (Å²) >= 11 is 0. The number of alkyl halides is 3. The Hall–Kier alpha value is -3.56. The molecule has 0 fully saturated rings. The number of methoxy groups -OCH3 is 1. The molecule has 0 spiro atoms. The Morgan fingerprint density at radius 1 is 1.06 bits per heavy atom. The van der Waals surface area contributed by atoms with Crippen molar-refractivity contribution < 1.29 is 32.0 Å². The van der Waals surface area contributed by atoms with E-state index < -0.39 is 12.8 Å². The third-order valence-electron chi connectivity index (χ3n) is 4.75. The van der Waals surface area contributed by atoms with E-state index >= 15 is 0 Å². The lowest BCUT2D eigenvalue weighted by Crippen LogP contribution is -2.19. The Morgan fingerprint density at radius 2 is 1.76 bits per heavy atom. The van der Waals surface area contributed by atoms with E-state index in [1.54, 1.807) is 36.4 Å². The molecule has 182 valence electrons. The van der Waals surface area contributed by atoms with Crippen molar-refractivity contribution in [2.24, 2.45) is 0 Å². The predicted molar refractivity (Wildman–Crippen MR) is 120 cm³/mol. The van der Waals surface area contributed by atoms with Crippen LogP contribution in [0.1, 0.15) is 38.6 Å². The van der Waals surface area contributed by atoms with Crippen LogP contribution >= 0.6 is 0 Å². The van der Waals surface area contributed by atoms with Crippen molar-refractivity contribution in [1.82, 2.24) is 10.1 Å². The largest absolute Gasteiger partial charge is 0.493 e. The molecule has 0 saturated heterocycles. The summed E-state index contributed by atoms with van der Waals surface area (Å²) in [7, 11) is 1.34. The minimum absolute atomic E-state index is 0.00987. The number of hydrogen-bond donors (Lipinski definition) is 1. The van der Waals surface area contributed by atoms with Crippen LogP contribution in [0.4, 0.5) is 18.9 Å². The molecule has 0 unspecified atom stereocenters. The molecule has 1 amide bonds. The highest BCUT2D eigenvalue weighted by molar-refractivity contribution is 5.91. The zero-order chi connectivity index (χ0) is 24.9. The van der Waals surface area contributed by atoms with Gasteiger partial charge in [0, 0.05) is 23.1 Å². The average molecular weight is 477 g/mol. The number of amides is 1. The van der Waals surface area contributed by atoms with E-state index in [-0.39, 0.29) is 29.2 Å². The molecule has 0 aliphatic rings. The summed E-state index contributed by atoms with van der Waals surface area (Å²) in [4.78, 5) is 16.8. The average Bonchev–Trinajstić information content (AvgIpc) is 3.27. The molecular formula is C24H26F3N3O4. The molecule has 0 bridgehead atoms. The van der Waals surface area contributed by atoms with Gasteiger partial charge in [0.25, 0.3) is 0 Å². The Labute approximate surface area is 195 Å². The summed E-state index contributed by atoms with van der Waals surface area (Å²) in [5, 5.41) is 6.82. The van der Waals surface area contributed by atoms with Gasteiger partial charge in [-0.15, -0.1) is 0 Å². The summed E-state index contributed by atoms with van der Waals surface area (Å²) < 4.78 is 52.3. The monoisotopic (exact) mass is 477 g/mol. The van der Waals surface area contributed by atoms with Gasteiger partial charge in [-0.2, -0.15) is 18.2 Å². The van der Waals surface area contributed by atoms with Crippen LogP contribution in [0.2, 0.25) is 0 Å². The number of aromatic nitrogens is 2. The number of benzene rings is 2. The summed E-state index contributed by atoms with van der Waals surface area (Å²) in [6.45, 7) is 4.54. The van der Waals surface area contributed by atoms with Crippen LogP contribution in [0.25, 0.3) is 11.4 Å². The Morgan fingerprint density at radius 3 is 2.35 bits per heavy atom. The molecule has 1 N–H and O–H groups in total. The van der Waals surface area contributed by atoms with E-state index in [1.165, 1.54) is 13.2 Å². The van der Waals surface area contributed by atoms with Crippen molar-refractivity contribution in [3.63, 3.8) is 0 Å². The maximum absolute atomic E-state index is 12.4. The molecule has 0 radical (unpaired) electrons. The number of halogens is 3. The van der Waals surface area contributed by atoms with Gasteiger partial charge in [-0.1, -0.05) is 32.0 Å². The second-order valence-electron chi connectivity index (χ2n) is 8.69. The van der Waals surface area contributed by atoms with Crippen LogP contribution < -0.4 is 14.8 Å². The zero-order valence-corrected chi connectivity index (χ0v) is 19.3. The number of nitrogens with zero attached hydrogens (tertiary/aromatic N) is 2. The van der Waals surface area contributed by atoms with E-state index in [2.05, 4.69) is 15.5 Å². The van der Waals surface area contributed by atoms with Crippen molar-refractivity contribution in [2.45, 2.75) is 45.2 Å². The molecule has 3 aromatic rings. The Balaban J connectivity index is 1.55. The van der Waals surface area contributed by atoms with E-state index in [4.69, 9.17) is 14.0 Å². The molecule has 10 heteroatoms. The fourth-order valence-electron chi connectivity index (χ4n) is 2.98. The van der Waals surface area contributed by atoms with Gasteiger partial charge in [0.1, 0.15) is 0 Å². The van der Waals surface area contributed by atoms with Crippen molar-refractivity contribution in [2.75, 3.05) is 19.0 Å². The van der Waals surface area contributed by atoms with Crippen molar-refractivity contribution in [3.8, 4) is 22.9 Å². The topological polar surface area (TPSA) is 86.5 Å². The van der Waals surface area contributed by atoms with Crippen molar-refractivity contribution >= 4 is 11.6 Å². The lowest BCUT2D eigenvalue weighted by molar-refractivity contribution is -0.153. The number of anilines is 1.